The topological polar surface area (TPSA) is 57.4 Å². The number of methoxy groups -OCH3 is 2. The summed E-state index contributed by atoms with van der Waals surface area (Å²) in [6.07, 6.45) is 7.66. The lowest BCUT2D eigenvalue weighted by Crippen LogP contribution is -2.34. The van der Waals surface area contributed by atoms with E-state index in [1.807, 2.05) is 24.3 Å². The zero-order valence-corrected chi connectivity index (χ0v) is 42.4. The van der Waals surface area contributed by atoms with E-state index in [1.165, 1.54) is 61.9 Å². The Labute approximate surface area is 411 Å². The van der Waals surface area contributed by atoms with E-state index in [2.05, 4.69) is 197 Å². The van der Waals surface area contributed by atoms with Crippen LogP contribution < -0.4 is 19.3 Å². The Bertz CT molecular complexity index is 2870. The number of allylic oxidation sites excluding steroid dienone is 4. The van der Waals surface area contributed by atoms with Crippen LogP contribution in [-0.4, -0.2) is 69.0 Å². The fraction of sp³-hybridized carbons (Fsp3) is 0.339. The summed E-state index contributed by atoms with van der Waals surface area (Å²) in [5.74, 6) is 1.59. The standard InChI is InChI=1S/C62H70N3O4/c1-11-63(12-2)46-30-35-55-53(40-46)60(5,6)57(24-18-25-58-61(7,8)54-41-50-49-22-16-17-23-51(49)59(3,4)52(50)42-56(54)65(58)37-38-66)64(55)36-19-39-69-62(43-20-14-13-15-21-43,44-26-31-47(67-9)32-27-44)45-28-33-48(68-10)34-29-45/h13-18,20-35,40-42,66H,11-12,19,36-39H2,1-10H3/q+1. The second kappa shape index (κ2) is 18.8. The molecule has 3 aliphatic rings. The van der Waals surface area contributed by atoms with E-state index in [9.17, 15) is 5.11 Å². The molecule has 0 amide bonds. The van der Waals surface area contributed by atoms with Gasteiger partial charge in [0.2, 0.25) is 5.69 Å². The van der Waals surface area contributed by atoms with Gasteiger partial charge in [0, 0.05) is 71.7 Å². The summed E-state index contributed by atoms with van der Waals surface area (Å²) in [6.45, 7) is 22.2. The molecule has 69 heavy (non-hydrogen) atoms. The maximum atomic E-state index is 10.5. The van der Waals surface area contributed by atoms with Gasteiger partial charge in [0.15, 0.2) is 12.3 Å². The number of benzene rings is 6. The number of β-amino-alcohol motifs (C(OH)–C–C–N with tert-alkyl or cyclic N) is 1. The van der Waals surface area contributed by atoms with Crippen LogP contribution in [0.3, 0.4) is 0 Å². The van der Waals surface area contributed by atoms with Crippen molar-refractivity contribution in [1.82, 2.24) is 0 Å². The van der Waals surface area contributed by atoms with Crippen LogP contribution >= 0.6 is 0 Å². The second-order valence-electron chi connectivity index (χ2n) is 20.2. The highest BCUT2D eigenvalue weighted by molar-refractivity contribution is 6.03. The summed E-state index contributed by atoms with van der Waals surface area (Å²) in [4.78, 5) is 4.79. The van der Waals surface area contributed by atoms with E-state index in [-0.39, 0.29) is 22.9 Å². The number of ether oxygens (including phenoxy) is 3. The molecule has 6 aromatic rings. The molecule has 7 nitrogen and oxygen atoms in total. The predicted octanol–water partition coefficient (Wildman–Crippen LogP) is 12.9. The van der Waals surface area contributed by atoms with Crippen molar-refractivity contribution < 1.29 is 23.9 Å². The first-order valence-corrected chi connectivity index (χ1v) is 24.8. The molecule has 2 aliphatic heterocycles. The normalized spacial score (nSPS) is 16.7. The van der Waals surface area contributed by atoms with Gasteiger partial charge in [-0.15, -0.1) is 0 Å². The molecule has 0 atom stereocenters. The van der Waals surface area contributed by atoms with Gasteiger partial charge in [0.25, 0.3) is 0 Å². The quantitative estimate of drug-likeness (QED) is 0.0559. The molecular formula is C62H70N3O4+. The Morgan fingerprint density at radius 1 is 0.638 bits per heavy atom. The molecule has 0 radical (unpaired) electrons. The fourth-order valence-electron chi connectivity index (χ4n) is 11.6. The van der Waals surface area contributed by atoms with Gasteiger partial charge in [-0.1, -0.05) is 113 Å². The maximum absolute atomic E-state index is 10.5. The Hall–Kier alpha value is -6.41. The molecule has 1 aliphatic carbocycles. The van der Waals surface area contributed by atoms with Crippen LogP contribution in [-0.2, 0) is 26.6 Å². The average molecular weight is 921 g/mol. The van der Waals surface area contributed by atoms with E-state index in [1.54, 1.807) is 14.2 Å². The van der Waals surface area contributed by atoms with Gasteiger partial charge in [-0.25, -0.2) is 0 Å². The first-order valence-electron chi connectivity index (χ1n) is 24.8. The molecule has 2 heterocycles. The molecule has 0 saturated carbocycles. The van der Waals surface area contributed by atoms with Crippen molar-refractivity contribution in [3.05, 3.63) is 196 Å². The van der Waals surface area contributed by atoms with Crippen LogP contribution in [0.5, 0.6) is 11.5 Å². The Kier molecular flexibility index (Phi) is 13.0. The van der Waals surface area contributed by atoms with Gasteiger partial charge < -0.3 is 29.1 Å². The van der Waals surface area contributed by atoms with Gasteiger partial charge in [0.05, 0.1) is 32.8 Å². The lowest BCUT2D eigenvalue weighted by atomic mass is 9.79. The van der Waals surface area contributed by atoms with Crippen LogP contribution in [0.15, 0.2) is 157 Å². The summed E-state index contributed by atoms with van der Waals surface area (Å²) in [5, 5.41) is 10.5. The first kappa shape index (κ1) is 47.6. The highest BCUT2D eigenvalue weighted by Gasteiger charge is 2.47. The summed E-state index contributed by atoms with van der Waals surface area (Å²) in [7, 11) is 3.40. The van der Waals surface area contributed by atoms with Crippen molar-refractivity contribution in [3.63, 3.8) is 0 Å². The lowest BCUT2D eigenvalue weighted by Gasteiger charge is -2.36. The fourth-order valence-corrected chi connectivity index (χ4v) is 11.6. The summed E-state index contributed by atoms with van der Waals surface area (Å²) >= 11 is 0. The predicted molar refractivity (Wildman–Crippen MR) is 284 cm³/mol. The molecule has 1 N–H and O–H groups in total. The molecule has 6 aromatic carbocycles. The molecule has 356 valence electrons. The number of fused-ring (bicyclic) bond motifs is 5. The lowest BCUT2D eigenvalue weighted by molar-refractivity contribution is -0.439. The third-order valence-corrected chi connectivity index (χ3v) is 15.4. The Balaban J connectivity index is 1.09. The summed E-state index contributed by atoms with van der Waals surface area (Å²) in [6, 6.07) is 47.8. The van der Waals surface area contributed by atoms with Crippen molar-refractivity contribution in [3.8, 4) is 22.6 Å². The third kappa shape index (κ3) is 8.07. The van der Waals surface area contributed by atoms with E-state index in [4.69, 9.17) is 14.2 Å². The Morgan fingerprint density at radius 2 is 1.26 bits per heavy atom. The van der Waals surface area contributed by atoms with E-state index in [0.717, 1.165) is 54.2 Å². The highest BCUT2D eigenvalue weighted by atomic mass is 16.5. The molecule has 0 fully saturated rings. The molecule has 7 heteroatoms. The highest BCUT2D eigenvalue weighted by Crippen LogP contribution is 2.56. The number of anilines is 2. The third-order valence-electron chi connectivity index (χ3n) is 15.4. The van der Waals surface area contributed by atoms with Gasteiger partial charge in [0.1, 0.15) is 17.1 Å². The van der Waals surface area contributed by atoms with Gasteiger partial charge in [-0.2, -0.15) is 4.58 Å². The maximum Gasteiger partial charge on any atom is 0.209 e. The zero-order valence-electron chi connectivity index (χ0n) is 42.4. The molecular weight excluding hydrogens is 851 g/mol. The van der Waals surface area contributed by atoms with Crippen LogP contribution in [0.25, 0.3) is 11.1 Å². The van der Waals surface area contributed by atoms with Gasteiger partial charge in [-0.05, 0) is 127 Å². The van der Waals surface area contributed by atoms with Crippen LogP contribution in [0.4, 0.5) is 17.1 Å². The zero-order chi connectivity index (χ0) is 48.7. The summed E-state index contributed by atoms with van der Waals surface area (Å²) in [5.41, 5.74) is 15.6. The molecule has 0 bridgehead atoms. The van der Waals surface area contributed by atoms with Crippen molar-refractivity contribution in [2.75, 3.05) is 63.4 Å². The van der Waals surface area contributed by atoms with E-state index in [0.29, 0.717) is 13.2 Å². The van der Waals surface area contributed by atoms with Gasteiger partial charge in [-0.3, -0.25) is 0 Å². The van der Waals surface area contributed by atoms with E-state index >= 15 is 0 Å². The summed E-state index contributed by atoms with van der Waals surface area (Å²) < 4.78 is 21.1. The van der Waals surface area contributed by atoms with Crippen molar-refractivity contribution >= 4 is 22.8 Å². The van der Waals surface area contributed by atoms with Crippen LogP contribution in [0, 0.1) is 0 Å². The second-order valence-corrected chi connectivity index (χ2v) is 20.2. The monoisotopic (exact) mass is 921 g/mol. The minimum Gasteiger partial charge on any atom is -0.497 e. The molecule has 0 saturated heterocycles. The molecule has 0 aromatic heterocycles. The van der Waals surface area contributed by atoms with Crippen molar-refractivity contribution in [2.45, 2.75) is 83.7 Å². The number of aliphatic hydroxyl groups is 1. The SMILES string of the molecule is CCN(CC)c1ccc2c(c1)C(C)(C)C(/C=C/C=C1/N(CCO)c3cc4c(cc3C1(C)C)-c1ccccc1C4(C)C)=[N+]2CCCOC(c1ccccc1)(c1ccc(OC)cc1)c1ccc(OC)cc1. The average Bonchev–Trinajstić information content (AvgIpc) is 3.82. The largest absolute Gasteiger partial charge is 0.497 e. The molecule has 9 rings (SSSR count). The first-order chi connectivity index (χ1) is 33.3. The number of aliphatic hydroxyl groups excluding tert-OH is 1. The molecule has 0 spiro atoms. The minimum atomic E-state index is -0.898. The Morgan fingerprint density at radius 3 is 1.88 bits per heavy atom. The number of hydrogen-bond acceptors (Lipinski definition) is 6. The van der Waals surface area contributed by atoms with E-state index < -0.39 is 5.60 Å². The van der Waals surface area contributed by atoms with Crippen molar-refractivity contribution in [1.29, 1.82) is 0 Å². The number of hydrogen-bond donors (Lipinski definition) is 1. The van der Waals surface area contributed by atoms with Crippen LogP contribution in [0.2, 0.25) is 0 Å². The smallest absolute Gasteiger partial charge is 0.209 e. The molecule has 0 unspecified atom stereocenters. The number of rotatable bonds is 17. The van der Waals surface area contributed by atoms with Gasteiger partial charge >= 0.3 is 0 Å². The van der Waals surface area contributed by atoms with Crippen molar-refractivity contribution in [2.24, 2.45) is 0 Å². The number of nitrogens with zero attached hydrogens (tertiary/aromatic N) is 3. The van der Waals surface area contributed by atoms with Crippen LogP contribution in [0.1, 0.15) is 101 Å². The minimum absolute atomic E-state index is 0.0597.